The number of anilines is 2. The van der Waals surface area contributed by atoms with E-state index in [1.54, 1.807) is 23.5 Å². The summed E-state index contributed by atoms with van der Waals surface area (Å²) < 4.78 is 39.6. The number of halogens is 3. The highest BCUT2D eigenvalue weighted by Gasteiger charge is 2.33. The first-order valence-corrected chi connectivity index (χ1v) is 11.0. The first-order valence-electron chi connectivity index (χ1n) is 9.76. The molecular formula is C22H16F3N5O2S2. The number of aromatic nitrogens is 1. The van der Waals surface area contributed by atoms with Gasteiger partial charge in [-0.25, -0.2) is 4.98 Å². The third-order valence-electron chi connectivity index (χ3n) is 4.77. The molecule has 0 spiro atoms. The molecule has 0 amide bonds. The average molecular weight is 504 g/mol. The van der Waals surface area contributed by atoms with Crippen molar-refractivity contribution in [3.63, 3.8) is 0 Å². The highest BCUT2D eigenvalue weighted by Crippen LogP contribution is 2.35. The molecule has 0 bridgehead atoms. The number of nitrogens with zero attached hydrogens (tertiary/aromatic N) is 2. The van der Waals surface area contributed by atoms with Crippen LogP contribution in [-0.4, -0.2) is 15.0 Å². The summed E-state index contributed by atoms with van der Waals surface area (Å²) in [5, 5.41) is 15.0. The van der Waals surface area contributed by atoms with Gasteiger partial charge in [-0.05, 0) is 73.2 Å². The fraction of sp³-hybridized carbons (Fsp3) is 0.0909. The molecule has 0 aliphatic carbocycles. The number of thiocarbonyl (C=S) groups is 1. The number of hydrazine groups is 1. The minimum Gasteiger partial charge on any atom is -0.331 e. The molecule has 0 radical (unpaired) electrons. The summed E-state index contributed by atoms with van der Waals surface area (Å²) in [7, 11) is 0. The number of alkyl halides is 3. The predicted molar refractivity (Wildman–Crippen MR) is 131 cm³/mol. The fourth-order valence-electron chi connectivity index (χ4n) is 3.10. The lowest BCUT2D eigenvalue weighted by molar-refractivity contribution is -0.384. The van der Waals surface area contributed by atoms with Crippen LogP contribution in [0.3, 0.4) is 0 Å². The van der Waals surface area contributed by atoms with E-state index < -0.39 is 22.4 Å². The van der Waals surface area contributed by atoms with Gasteiger partial charge in [0.15, 0.2) is 5.11 Å². The van der Waals surface area contributed by atoms with E-state index in [9.17, 15) is 23.3 Å². The molecule has 0 saturated carbocycles. The third kappa shape index (κ3) is 5.24. The second-order valence-corrected chi connectivity index (χ2v) is 8.70. The summed E-state index contributed by atoms with van der Waals surface area (Å²) in [6.45, 7) is 2.03. The predicted octanol–water partition coefficient (Wildman–Crippen LogP) is 6.51. The normalized spacial score (nSPS) is 11.3. The zero-order chi connectivity index (χ0) is 24.5. The summed E-state index contributed by atoms with van der Waals surface area (Å²) in [5.74, 6) is 0. The Morgan fingerprint density at radius 1 is 1.09 bits per heavy atom. The number of rotatable bonds is 5. The minimum atomic E-state index is -4.69. The van der Waals surface area contributed by atoms with Gasteiger partial charge in [-0.15, -0.1) is 11.3 Å². The molecule has 0 aliphatic rings. The van der Waals surface area contributed by atoms with Crippen LogP contribution >= 0.6 is 23.6 Å². The van der Waals surface area contributed by atoms with E-state index in [1.165, 1.54) is 5.56 Å². The molecule has 0 fully saturated rings. The van der Waals surface area contributed by atoms with Gasteiger partial charge in [0.2, 0.25) is 0 Å². The monoisotopic (exact) mass is 503 g/mol. The first-order chi connectivity index (χ1) is 16.1. The molecule has 0 atom stereocenters. The van der Waals surface area contributed by atoms with E-state index in [-0.39, 0.29) is 10.8 Å². The number of aryl methyl sites for hydroxylation is 1. The summed E-state index contributed by atoms with van der Waals surface area (Å²) in [6, 6.07) is 15.6. The SMILES string of the molecule is Cc1ccc2nc(-c3ccc(NC(=S)NNc4ccc(C(F)(F)F)cc4[N+](=O)[O-])cc3)sc2c1. The Morgan fingerprint density at radius 2 is 1.82 bits per heavy atom. The van der Waals surface area contributed by atoms with Gasteiger partial charge < -0.3 is 5.32 Å². The molecule has 1 aromatic heterocycles. The van der Waals surface area contributed by atoms with Crippen LogP contribution in [0.4, 0.5) is 30.2 Å². The highest BCUT2D eigenvalue weighted by atomic mass is 32.1. The van der Waals surface area contributed by atoms with Gasteiger partial charge >= 0.3 is 6.18 Å². The Balaban J connectivity index is 1.41. The first kappa shape index (κ1) is 23.4. The van der Waals surface area contributed by atoms with E-state index in [2.05, 4.69) is 27.2 Å². The van der Waals surface area contributed by atoms with Gasteiger partial charge in [0.1, 0.15) is 10.7 Å². The van der Waals surface area contributed by atoms with Gasteiger partial charge in [-0.2, -0.15) is 13.2 Å². The second-order valence-electron chi connectivity index (χ2n) is 7.26. The molecule has 1 heterocycles. The zero-order valence-electron chi connectivity index (χ0n) is 17.4. The molecule has 7 nitrogen and oxygen atoms in total. The van der Waals surface area contributed by atoms with Crippen molar-refractivity contribution in [1.82, 2.24) is 10.4 Å². The highest BCUT2D eigenvalue weighted by molar-refractivity contribution is 7.80. The molecule has 4 rings (SSSR count). The number of hydrogen-bond donors (Lipinski definition) is 3. The van der Waals surface area contributed by atoms with Crippen molar-refractivity contribution in [3.8, 4) is 10.6 Å². The van der Waals surface area contributed by atoms with Crippen LogP contribution in [0.2, 0.25) is 0 Å². The van der Waals surface area contributed by atoms with Gasteiger partial charge in [-0.1, -0.05) is 6.07 Å². The van der Waals surface area contributed by atoms with Crippen molar-refractivity contribution in [2.75, 3.05) is 10.7 Å². The van der Waals surface area contributed by atoms with Crippen LogP contribution < -0.4 is 16.2 Å². The van der Waals surface area contributed by atoms with Gasteiger partial charge in [0.05, 0.1) is 20.7 Å². The lowest BCUT2D eigenvalue weighted by Gasteiger charge is -2.14. The van der Waals surface area contributed by atoms with Crippen LogP contribution in [-0.2, 0) is 6.18 Å². The molecule has 0 aliphatic heterocycles. The Morgan fingerprint density at radius 3 is 2.50 bits per heavy atom. The summed E-state index contributed by atoms with van der Waals surface area (Å²) in [6.07, 6.45) is -4.69. The second kappa shape index (κ2) is 9.23. The van der Waals surface area contributed by atoms with E-state index in [1.807, 2.05) is 31.2 Å². The molecule has 0 unspecified atom stereocenters. The molecule has 3 N–H and O–H groups in total. The van der Waals surface area contributed by atoms with E-state index in [0.29, 0.717) is 11.8 Å². The van der Waals surface area contributed by atoms with Crippen molar-refractivity contribution in [3.05, 3.63) is 81.9 Å². The molecule has 34 heavy (non-hydrogen) atoms. The topological polar surface area (TPSA) is 92.1 Å². The zero-order valence-corrected chi connectivity index (χ0v) is 19.1. The van der Waals surface area contributed by atoms with Crippen LogP contribution in [0.25, 0.3) is 20.8 Å². The smallest absolute Gasteiger partial charge is 0.331 e. The molecule has 12 heteroatoms. The van der Waals surface area contributed by atoms with Crippen molar-refractivity contribution >= 4 is 55.9 Å². The lowest BCUT2D eigenvalue weighted by atomic mass is 10.1. The quantitative estimate of drug-likeness (QED) is 0.162. The Kier molecular flexibility index (Phi) is 6.35. The molecular weight excluding hydrogens is 487 g/mol. The Labute approximate surface area is 200 Å². The number of benzene rings is 3. The van der Waals surface area contributed by atoms with Gasteiger partial charge in [-0.3, -0.25) is 21.0 Å². The van der Waals surface area contributed by atoms with Crippen molar-refractivity contribution in [1.29, 1.82) is 0 Å². The van der Waals surface area contributed by atoms with Crippen molar-refractivity contribution in [2.45, 2.75) is 13.1 Å². The number of fused-ring (bicyclic) bond motifs is 1. The minimum absolute atomic E-state index is 0.0670. The molecule has 4 aromatic rings. The fourth-order valence-corrected chi connectivity index (χ4v) is 4.34. The third-order valence-corrected chi connectivity index (χ3v) is 6.04. The Bertz CT molecular complexity index is 1390. The van der Waals surface area contributed by atoms with Gasteiger partial charge in [0.25, 0.3) is 5.69 Å². The van der Waals surface area contributed by atoms with Crippen LogP contribution in [0.15, 0.2) is 60.7 Å². The summed E-state index contributed by atoms with van der Waals surface area (Å²) >= 11 is 6.76. The van der Waals surface area contributed by atoms with Crippen molar-refractivity contribution in [2.24, 2.45) is 0 Å². The number of nitro groups is 1. The number of nitro benzene ring substituents is 1. The maximum atomic E-state index is 12.8. The lowest BCUT2D eigenvalue weighted by Crippen LogP contribution is -2.33. The number of nitrogens with one attached hydrogen (secondary N) is 3. The van der Waals surface area contributed by atoms with E-state index in [0.717, 1.165) is 32.9 Å². The summed E-state index contributed by atoms with van der Waals surface area (Å²) in [5.41, 5.74) is 6.68. The summed E-state index contributed by atoms with van der Waals surface area (Å²) in [4.78, 5) is 14.9. The Hall–Kier alpha value is -3.77. The molecule has 0 saturated heterocycles. The van der Waals surface area contributed by atoms with Crippen LogP contribution in [0.1, 0.15) is 11.1 Å². The standard InChI is InChI=1S/C22H16F3N5O2S2/c1-12-2-8-17-19(10-12)34-20(27-17)13-3-6-15(7-4-13)26-21(33)29-28-16-9-5-14(22(23,24)25)11-18(16)30(31)32/h2-11,28H,1H3,(H2,26,29,33). The average Bonchev–Trinajstić information content (AvgIpc) is 3.20. The van der Waals surface area contributed by atoms with E-state index >= 15 is 0 Å². The molecule has 3 aromatic carbocycles. The van der Waals surface area contributed by atoms with Crippen molar-refractivity contribution < 1.29 is 18.1 Å². The number of hydrogen-bond acceptors (Lipinski definition) is 6. The maximum absolute atomic E-state index is 12.8. The molecule has 174 valence electrons. The van der Waals surface area contributed by atoms with Gasteiger partial charge in [0, 0.05) is 17.3 Å². The van der Waals surface area contributed by atoms with E-state index in [4.69, 9.17) is 12.2 Å². The van der Waals surface area contributed by atoms with Crippen LogP contribution in [0, 0.1) is 17.0 Å². The largest absolute Gasteiger partial charge is 0.416 e. The maximum Gasteiger partial charge on any atom is 0.416 e. The van der Waals surface area contributed by atoms with Crippen LogP contribution in [0.5, 0.6) is 0 Å². The number of thiazole rings is 1.